The van der Waals surface area contributed by atoms with E-state index in [0.29, 0.717) is 11.7 Å². The van der Waals surface area contributed by atoms with Crippen LogP contribution in [0.25, 0.3) is 0 Å². The Morgan fingerprint density at radius 3 is 3.00 bits per heavy atom. The van der Waals surface area contributed by atoms with Gasteiger partial charge < -0.3 is 5.11 Å². The second-order valence-electron chi connectivity index (χ2n) is 5.82. The van der Waals surface area contributed by atoms with Gasteiger partial charge in [0.25, 0.3) is 0 Å². The molecule has 0 bridgehead atoms. The normalized spacial score (nSPS) is 18.5. The Morgan fingerprint density at radius 1 is 1.38 bits per heavy atom. The van der Waals surface area contributed by atoms with E-state index in [0.717, 1.165) is 30.5 Å². The minimum Gasteiger partial charge on any atom is -0.508 e. The zero-order valence-corrected chi connectivity index (χ0v) is 12.4. The molecule has 3 rings (SSSR count). The topological polar surface area (TPSA) is 50.9 Å². The third-order valence-electron chi connectivity index (χ3n) is 4.17. The molecule has 1 N–H and O–H groups in total. The summed E-state index contributed by atoms with van der Waals surface area (Å²) in [5.74, 6) is 0.783. The van der Waals surface area contributed by atoms with Crippen LogP contribution in [0.4, 0.5) is 0 Å². The van der Waals surface area contributed by atoms with E-state index in [1.807, 2.05) is 12.3 Å². The molecule has 1 aromatic carbocycles. The van der Waals surface area contributed by atoms with E-state index < -0.39 is 0 Å². The number of nitrogens with zero attached hydrogens (tertiary/aromatic N) is 3. The Bertz CT molecular complexity index is 631. The second-order valence-corrected chi connectivity index (χ2v) is 5.82. The summed E-state index contributed by atoms with van der Waals surface area (Å²) < 4.78 is 1.80. The molecule has 0 saturated heterocycles. The van der Waals surface area contributed by atoms with Crippen LogP contribution in [-0.4, -0.2) is 20.1 Å². The predicted octanol–water partition coefficient (Wildman–Crippen LogP) is 3.44. The van der Waals surface area contributed by atoms with Crippen LogP contribution in [0.1, 0.15) is 43.2 Å². The number of allylic oxidation sites excluding steroid dienone is 2. The molecule has 4 heteroatoms. The maximum Gasteiger partial charge on any atom is 0.119 e. The zero-order chi connectivity index (χ0) is 14.7. The molecule has 0 radical (unpaired) electrons. The predicted molar refractivity (Wildman–Crippen MR) is 82.2 cm³/mol. The van der Waals surface area contributed by atoms with E-state index in [4.69, 9.17) is 0 Å². The summed E-state index contributed by atoms with van der Waals surface area (Å²) in [5.41, 5.74) is 3.61. The van der Waals surface area contributed by atoms with Crippen molar-refractivity contribution in [1.82, 2.24) is 15.0 Å². The van der Waals surface area contributed by atoms with Crippen LogP contribution in [0.15, 0.2) is 42.2 Å². The van der Waals surface area contributed by atoms with Gasteiger partial charge in [0.2, 0.25) is 0 Å². The highest BCUT2D eigenvalue weighted by atomic mass is 16.3. The van der Waals surface area contributed by atoms with Crippen LogP contribution >= 0.6 is 0 Å². The molecule has 1 heterocycles. The van der Waals surface area contributed by atoms with Crippen LogP contribution in [-0.2, 0) is 13.0 Å². The van der Waals surface area contributed by atoms with Crippen molar-refractivity contribution in [2.24, 2.45) is 0 Å². The highest BCUT2D eigenvalue weighted by Crippen LogP contribution is 2.35. The van der Waals surface area contributed by atoms with Crippen molar-refractivity contribution in [2.75, 3.05) is 0 Å². The van der Waals surface area contributed by atoms with Gasteiger partial charge in [0, 0.05) is 24.2 Å². The van der Waals surface area contributed by atoms with Gasteiger partial charge in [0.1, 0.15) is 5.75 Å². The number of phenolic OH excluding ortho intramolecular Hbond substituents is 1. The Balaban J connectivity index is 1.72. The summed E-state index contributed by atoms with van der Waals surface area (Å²) >= 11 is 0. The van der Waals surface area contributed by atoms with Crippen LogP contribution in [0.5, 0.6) is 5.75 Å². The molecule has 4 nitrogen and oxygen atoms in total. The standard InChI is InChI=1S/C17H21N3O/c1-13-3-2-4-15(11-13)16-6-5-14(12-17(16)21)7-9-20-10-8-18-19-20/h5-6,8,10-12,15,21H,2-4,7,9H2,1H3/t15-/m0/s1. The van der Waals surface area contributed by atoms with Gasteiger partial charge in [-0.15, -0.1) is 5.10 Å². The summed E-state index contributed by atoms with van der Waals surface area (Å²) in [6.45, 7) is 2.96. The number of benzene rings is 1. The molecular formula is C17H21N3O. The fraction of sp³-hybridized carbons (Fsp3) is 0.412. The SMILES string of the molecule is CC1=C[C@@H](c2ccc(CCn3ccnn3)cc2O)CCC1. The highest BCUT2D eigenvalue weighted by Gasteiger charge is 2.17. The summed E-state index contributed by atoms with van der Waals surface area (Å²) in [6.07, 6.45) is 10.2. The maximum atomic E-state index is 10.3. The van der Waals surface area contributed by atoms with Crippen LogP contribution in [0, 0.1) is 0 Å². The van der Waals surface area contributed by atoms with Gasteiger partial charge >= 0.3 is 0 Å². The number of phenols is 1. The minimum atomic E-state index is 0.364. The van der Waals surface area contributed by atoms with Gasteiger partial charge in [0.15, 0.2) is 0 Å². The Kier molecular flexibility index (Phi) is 4.04. The molecule has 1 aliphatic rings. The van der Waals surface area contributed by atoms with E-state index in [-0.39, 0.29) is 0 Å². The average molecular weight is 283 g/mol. The van der Waals surface area contributed by atoms with Crippen molar-refractivity contribution in [3.8, 4) is 5.75 Å². The van der Waals surface area contributed by atoms with E-state index in [1.54, 1.807) is 10.9 Å². The fourth-order valence-corrected chi connectivity index (χ4v) is 3.01. The van der Waals surface area contributed by atoms with Crippen LogP contribution in [0.2, 0.25) is 0 Å². The third kappa shape index (κ3) is 3.32. The van der Waals surface area contributed by atoms with Crippen LogP contribution < -0.4 is 0 Å². The molecule has 1 aliphatic carbocycles. The number of aromatic nitrogens is 3. The molecule has 0 fully saturated rings. The molecular weight excluding hydrogens is 262 g/mol. The molecule has 0 unspecified atom stereocenters. The smallest absolute Gasteiger partial charge is 0.119 e. The number of hydrogen-bond acceptors (Lipinski definition) is 3. The Hall–Kier alpha value is -2.10. The van der Waals surface area contributed by atoms with Crippen molar-refractivity contribution in [2.45, 2.75) is 45.1 Å². The highest BCUT2D eigenvalue weighted by molar-refractivity contribution is 5.41. The quantitative estimate of drug-likeness (QED) is 0.874. The molecule has 0 aliphatic heterocycles. The van der Waals surface area contributed by atoms with E-state index in [2.05, 4.69) is 35.4 Å². The largest absolute Gasteiger partial charge is 0.508 e. The first-order valence-corrected chi connectivity index (χ1v) is 7.55. The third-order valence-corrected chi connectivity index (χ3v) is 4.17. The Labute approximate surface area is 125 Å². The van der Waals surface area contributed by atoms with Gasteiger partial charge in [-0.1, -0.05) is 29.0 Å². The fourth-order valence-electron chi connectivity index (χ4n) is 3.01. The van der Waals surface area contributed by atoms with Gasteiger partial charge in [-0.05, 0) is 44.2 Å². The maximum absolute atomic E-state index is 10.3. The average Bonchev–Trinajstić information content (AvgIpc) is 2.98. The summed E-state index contributed by atoms with van der Waals surface area (Å²) in [5, 5.41) is 18.1. The summed E-state index contributed by atoms with van der Waals surface area (Å²) in [4.78, 5) is 0. The lowest BCUT2D eigenvalue weighted by Gasteiger charge is -2.21. The Morgan fingerprint density at radius 2 is 2.29 bits per heavy atom. The van der Waals surface area contributed by atoms with Gasteiger partial charge in [0.05, 0.1) is 6.20 Å². The molecule has 110 valence electrons. The summed E-state index contributed by atoms with van der Waals surface area (Å²) in [6, 6.07) is 6.08. The van der Waals surface area contributed by atoms with E-state index in [9.17, 15) is 5.11 Å². The van der Waals surface area contributed by atoms with Crippen molar-refractivity contribution < 1.29 is 5.11 Å². The number of aromatic hydroxyl groups is 1. The summed E-state index contributed by atoms with van der Waals surface area (Å²) in [7, 11) is 0. The van der Waals surface area contributed by atoms with Gasteiger partial charge in [-0.3, -0.25) is 4.68 Å². The minimum absolute atomic E-state index is 0.364. The number of aryl methyl sites for hydroxylation is 2. The molecule has 0 saturated carbocycles. The van der Waals surface area contributed by atoms with Crippen molar-refractivity contribution in [3.63, 3.8) is 0 Å². The lowest BCUT2D eigenvalue weighted by molar-refractivity contribution is 0.460. The molecule has 1 aromatic heterocycles. The number of rotatable bonds is 4. The monoisotopic (exact) mass is 283 g/mol. The van der Waals surface area contributed by atoms with Gasteiger partial charge in [-0.25, -0.2) is 0 Å². The van der Waals surface area contributed by atoms with Gasteiger partial charge in [-0.2, -0.15) is 0 Å². The molecule has 0 spiro atoms. The first-order valence-electron chi connectivity index (χ1n) is 7.55. The van der Waals surface area contributed by atoms with Crippen molar-refractivity contribution in [3.05, 3.63) is 53.4 Å². The first-order chi connectivity index (χ1) is 10.2. The molecule has 21 heavy (non-hydrogen) atoms. The zero-order valence-electron chi connectivity index (χ0n) is 12.4. The van der Waals surface area contributed by atoms with Crippen molar-refractivity contribution >= 4 is 0 Å². The van der Waals surface area contributed by atoms with E-state index >= 15 is 0 Å². The lowest BCUT2D eigenvalue weighted by Crippen LogP contribution is -2.04. The lowest BCUT2D eigenvalue weighted by atomic mass is 9.85. The molecule has 2 aromatic rings. The second kappa shape index (κ2) is 6.12. The number of hydrogen-bond donors (Lipinski definition) is 1. The molecule has 1 atom stereocenters. The molecule has 0 amide bonds. The first kappa shape index (κ1) is 13.9. The van der Waals surface area contributed by atoms with Crippen molar-refractivity contribution in [1.29, 1.82) is 0 Å². The van der Waals surface area contributed by atoms with E-state index in [1.165, 1.54) is 18.4 Å². The van der Waals surface area contributed by atoms with Crippen LogP contribution in [0.3, 0.4) is 0 Å².